The molecule has 194 valence electrons. The molecule has 1 aromatic carbocycles. The lowest BCUT2D eigenvalue weighted by Crippen LogP contribution is -2.41. The SMILES string of the molecule is CC1(OC(=O)N2CCC(COc3c(F)cc(-c4cnc(C(=O)NCCCO)nc4)cc3F)CC2)CC1. The van der Waals surface area contributed by atoms with E-state index >= 15 is 0 Å². The van der Waals surface area contributed by atoms with E-state index in [2.05, 4.69) is 15.3 Å². The average Bonchev–Trinajstić information content (AvgIpc) is 3.60. The minimum atomic E-state index is -0.852. The van der Waals surface area contributed by atoms with Crippen molar-refractivity contribution in [2.24, 2.45) is 5.92 Å². The molecule has 2 aliphatic rings. The Kier molecular flexibility index (Phi) is 7.97. The van der Waals surface area contributed by atoms with Crippen LogP contribution in [0.25, 0.3) is 11.1 Å². The topological polar surface area (TPSA) is 114 Å². The number of hydrogen-bond acceptors (Lipinski definition) is 7. The van der Waals surface area contributed by atoms with Gasteiger partial charge in [0.05, 0.1) is 6.61 Å². The minimum Gasteiger partial charge on any atom is -0.487 e. The number of nitrogens with one attached hydrogen (secondary N) is 1. The van der Waals surface area contributed by atoms with Crippen molar-refractivity contribution in [3.8, 4) is 16.9 Å². The Hall–Kier alpha value is -3.34. The molecular weight excluding hydrogens is 474 g/mol. The lowest BCUT2D eigenvalue weighted by Gasteiger charge is -2.32. The van der Waals surface area contributed by atoms with E-state index in [9.17, 15) is 18.4 Å². The van der Waals surface area contributed by atoms with Gasteiger partial charge < -0.3 is 24.8 Å². The van der Waals surface area contributed by atoms with Crippen LogP contribution >= 0.6 is 0 Å². The van der Waals surface area contributed by atoms with Crippen molar-refractivity contribution in [2.45, 2.75) is 44.6 Å². The summed E-state index contributed by atoms with van der Waals surface area (Å²) in [7, 11) is 0. The number of piperidine rings is 1. The zero-order valence-electron chi connectivity index (χ0n) is 20.1. The minimum absolute atomic E-state index is 0.0494. The number of halogens is 2. The van der Waals surface area contributed by atoms with E-state index in [0.29, 0.717) is 37.9 Å². The highest BCUT2D eigenvalue weighted by Gasteiger charge is 2.43. The first-order valence-electron chi connectivity index (χ1n) is 12.1. The van der Waals surface area contributed by atoms with Gasteiger partial charge in [-0.1, -0.05) is 0 Å². The third kappa shape index (κ3) is 6.45. The third-order valence-corrected chi connectivity index (χ3v) is 6.43. The van der Waals surface area contributed by atoms with Crippen LogP contribution in [0.4, 0.5) is 13.6 Å². The Labute approximate surface area is 207 Å². The molecule has 0 radical (unpaired) electrons. The number of aromatic nitrogens is 2. The van der Waals surface area contributed by atoms with Crippen LogP contribution in [0.5, 0.6) is 5.75 Å². The quantitative estimate of drug-likeness (QED) is 0.504. The van der Waals surface area contributed by atoms with Crippen molar-refractivity contribution < 1.29 is 33.0 Å². The fourth-order valence-electron chi connectivity index (χ4n) is 3.86. The predicted octanol–water partition coefficient (Wildman–Crippen LogP) is 3.31. The summed E-state index contributed by atoms with van der Waals surface area (Å²) in [5.41, 5.74) is 0.230. The highest BCUT2D eigenvalue weighted by molar-refractivity contribution is 5.90. The highest BCUT2D eigenvalue weighted by Crippen LogP contribution is 2.39. The number of carbonyl (C=O) groups excluding carboxylic acids is 2. The van der Waals surface area contributed by atoms with Crippen LogP contribution in [0, 0.1) is 17.6 Å². The molecule has 4 rings (SSSR count). The normalized spacial score (nSPS) is 16.9. The summed E-state index contributed by atoms with van der Waals surface area (Å²) in [6, 6.07) is 2.27. The molecule has 0 atom stereocenters. The van der Waals surface area contributed by atoms with Crippen molar-refractivity contribution in [1.29, 1.82) is 0 Å². The number of ether oxygens (including phenoxy) is 2. The molecule has 2 amide bonds. The largest absolute Gasteiger partial charge is 0.487 e. The monoisotopic (exact) mass is 504 g/mol. The molecule has 1 saturated heterocycles. The second-order valence-electron chi connectivity index (χ2n) is 9.46. The molecule has 0 bridgehead atoms. The number of carbonyl (C=O) groups is 2. The Morgan fingerprint density at radius 2 is 1.78 bits per heavy atom. The molecule has 0 unspecified atom stereocenters. The fourth-order valence-corrected chi connectivity index (χ4v) is 3.86. The zero-order chi connectivity index (χ0) is 25.7. The number of aliphatic hydroxyl groups excluding tert-OH is 1. The molecule has 11 heteroatoms. The maximum atomic E-state index is 14.7. The lowest BCUT2D eigenvalue weighted by molar-refractivity contribution is 0.0453. The van der Waals surface area contributed by atoms with E-state index in [4.69, 9.17) is 14.6 Å². The van der Waals surface area contributed by atoms with Gasteiger partial charge in [-0.05, 0) is 62.6 Å². The lowest BCUT2D eigenvalue weighted by atomic mass is 9.98. The fraction of sp³-hybridized carbons (Fsp3) is 0.520. The predicted molar refractivity (Wildman–Crippen MR) is 125 cm³/mol. The van der Waals surface area contributed by atoms with E-state index < -0.39 is 23.3 Å². The second kappa shape index (κ2) is 11.2. The van der Waals surface area contributed by atoms with Gasteiger partial charge in [-0.3, -0.25) is 4.79 Å². The Bertz CT molecular complexity index is 1060. The molecule has 2 fully saturated rings. The van der Waals surface area contributed by atoms with Crippen LogP contribution in [-0.4, -0.2) is 70.4 Å². The summed E-state index contributed by atoms with van der Waals surface area (Å²) in [5, 5.41) is 11.3. The summed E-state index contributed by atoms with van der Waals surface area (Å²) in [6.07, 6.45) is 5.82. The zero-order valence-corrected chi connectivity index (χ0v) is 20.1. The number of benzene rings is 1. The van der Waals surface area contributed by atoms with Crippen molar-refractivity contribution >= 4 is 12.0 Å². The van der Waals surface area contributed by atoms with Gasteiger partial charge in [0.15, 0.2) is 17.4 Å². The Balaban J connectivity index is 1.30. The number of aliphatic hydroxyl groups is 1. The van der Waals surface area contributed by atoms with E-state index in [1.807, 2.05) is 6.92 Å². The maximum absolute atomic E-state index is 14.7. The molecule has 2 aromatic rings. The Morgan fingerprint density at radius 3 is 2.36 bits per heavy atom. The smallest absolute Gasteiger partial charge is 0.410 e. The number of rotatable bonds is 9. The first-order chi connectivity index (χ1) is 17.3. The van der Waals surface area contributed by atoms with E-state index in [1.54, 1.807) is 4.90 Å². The third-order valence-electron chi connectivity index (χ3n) is 6.43. The van der Waals surface area contributed by atoms with Crippen LogP contribution in [-0.2, 0) is 4.74 Å². The van der Waals surface area contributed by atoms with Crippen molar-refractivity contribution in [2.75, 3.05) is 32.8 Å². The molecule has 2 N–H and O–H groups in total. The number of likely N-dealkylation sites (tertiary alicyclic amines) is 1. The average molecular weight is 505 g/mol. The van der Waals surface area contributed by atoms with Crippen LogP contribution in [0.3, 0.4) is 0 Å². The number of hydrogen-bond donors (Lipinski definition) is 2. The molecule has 1 saturated carbocycles. The van der Waals surface area contributed by atoms with Gasteiger partial charge in [-0.25, -0.2) is 23.5 Å². The van der Waals surface area contributed by atoms with Gasteiger partial charge >= 0.3 is 6.09 Å². The van der Waals surface area contributed by atoms with E-state index in [-0.39, 0.29) is 48.8 Å². The van der Waals surface area contributed by atoms with Gasteiger partial charge in [0.1, 0.15) is 5.60 Å². The van der Waals surface area contributed by atoms with Crippen LogP contribution in [0.1, 0.15) is 49.6 Å². The van der Waals surface area contributed by atoms with Gasteiger partial charge in [0.2, 0.25) is 5.82 Å². The van der Waals surface area contributed by atoms with Gasteiger partial charge in [0.25, 0.3) is 5.91 Å². The molecule has 1 aliphatic heterocycles. The van der Waals surface area contributed by atoms with Gasteiger partial charge in [-0.2, -0.15) is 0 Å². The van der Waals surface area contributed by atoms with Gasteiger partial charge in [-0.15, -0.1) is 0 Å². The molecule has 0 spiro atoms. The summed E-state index contributed by atoms with van der Waals surface area (Å²) in [5.74, 6) is -2.68. The molecule has 1 aromatic heterocycles. The molecule has 36 heavy (non-hydrogen) atoms. The first-order valence-corrected chi connectivity index (χ1v) is 12.1. The van der Waals surface area contributed by atoms with Gasteiger partial charge in [0, 0.05) is 44.2 Å². The Morgan fingerprint density at radius 1 is 1.14 bits per heavy atom. The van der Waals surface area contributed by atoms with Crippen molar-refractivity contribution in [3.63, 3.8) is 0 Å². The summed E-state index contributed by atoms with van der Waals surface area (Å²) >= 11 is 0. The van der Waals surface area contributed by atoms with Crippen LogP contribution in [0.2, 0.25) is 0 Å². The molecule has 9 nitrogen and oxygen atoms in total. The molecular formula is C25H30F2N4O5. The number of nitrogens with zero attached hydrogens (tertiary/aromatic N) is 3. The summed E-state index contributed by atoms with van der Waals surface area (Å²) in [4.78, 5) is 33.8. The van der Waals surface area contributed by atoms with Crippen LogP contribution < -0.4 is 10.1 Å². The van der Waals surface area contributed by atoms with Crippen molar-refractivity contribution in [3.05, 3.63) is 42.0 Å². The highest BCUT2D eigenvalue weighted by atomic mass is 19.1. The summed E-state index contributed by atoms with van der Waals surface area (Å²) in [6.45, 7) is 3.32. The van der Waals surface area contributed by atoms with Crippen LogP contribution in [0.15, 0.2) is 24.5 Å². The maximum Gasteiger partial charge on any atom is 0.410 e. The molecule has 2 heterocycles. The van der Waals surface area contributed by atoms with Crippen molar-refractivity contribution in [1.82, 2.24) is 20.2 Å². The summed E-state index contributed by atoms with van der Waals surface area (Å²) < 4.78 is 40.4. The standard InChI is InChI=1S/C25H30F2N4O5/c1-25(5-6-25)36-24(34)31-8-3-16(4-9-31)15-35-21-19(26)11-17(12-20(21)27)18-13-29-22(30-14-18)23(33)28-7-2-10-32/h11-14,16,32H,2-10,15H2,1H3,(H,28,33). The van der Waals surface area contributed by atoms with E-state index in [0.717, 1.165) is 25.0 Å². The van der Waals surface area contributed by atoms with E-state index in [1.165, 1.54) is 12.4 Å². The number of amides is 2. The molecule has 1 aliphatic carbocycles. The first kappa shape index (κ1) is 25.7. The second-order valence-corrected chi connectivity index (χ2v) is 9.46.